The number of benzene rings is 1. The van der Waals surface area contributed by atoms with Gasteiger partial charge in [0.25, 0.3) is 0 Å². The van der Waals surface area contributed by atoms with Crippen LogP contribution in [0.4, 0.5) is 5.69 Å². The van der Waals surface area contributed by atoms with Gasteiger partial charge in [0.05, 0.1) is 0 Å². The number of rotatable bonds is 4. The largest absolute Gasteiger partial charge is 0.330 e. The highest BCUT2D eigenvalue weighted by atomic mass is 16.1. The van der Waals surface area contributed by atoms with E-state index in [0.717, 1.165) is 41.6 Å². The highest BCUT2D eigenvalue weighted by molar-refractivity contribution is 5.94. The van der Waals surface area contributed by atoms with Crippen LogP contribution >= 0.6 is 0 Å². The molecule has 4 nitrogen and oxygen atoms in total. The summed E-state index contributed by atoms with van der Waals surface area (Å²) in [6.07, 6.45) is 6.65. The molecule has 1 aliphatic rings. The maximum Gasteiger partial charge on any atom is 0.227 e. The molecule has 0 saturated heterocycles. The molecule has 1 heterocycles. The molecule has 4 heteroatoms. The van der Waals surface area contributed by atoms with Crippen molar-refractivity contribution >= 4 is 11.6 Å². The van der Waals surface area contributed by atoms with E-state index in [1.165, 1.54) is 0 Å². The van der Waals surface area contributed by atoms with Gasteiger partial charge in [0, 0.05) is 24.0 Å². The van der Waals surface area contributed by atoms with Crippen molar-refractivity contribution in [1.82, 2.24) is 4.98 Å². The molecule has 0 radical (unpaired) electrons. The lowest BCUT2D eigenvalue weighted by molar-refractivity contribution is -0.120. The summed E-state index contributed by atoms with van der Waals surface area (Å²) >= 11 is 0. The van der Waals surface area contributed by atoms with Crippen molar-refractivity contribution in [3.63, 3.8) is 0 Å². The number of hydrogen-bond acceptors (Lipinski definition) is 3. The molecular weight excluding hydrogens is 286 g/mol. The number of nitrogens with one attached hydrogen (secondary N) is 1. The maximum atomic E-state index is 12.6. The van der Waals surface area contributed by atoms with E-state index in [1.807, 2.05) is 31.2 Å². The number of carbonyl (C=O) groups is 1. The number of amides is 1. The molecule has 3 N–H and O–H groups in total. The summed E-state index contributed by atoms with van der Waals surface area (Å²) in [5.74, 6) is 0.468. The number of nitrogens with two attached hydrogens (primary N) is 1. The number of aryl methyl sites for hydroxylation is 1. The Morgan fingerprint density at radius 2 is 2.00 bits per heavy atom. The van der Waals surface area contributed by atoms with Crippen molar-refractivity contribution in [3.8, 4) is 11.1 Å². The van der Waals surface area contributed by atoms with Gasteiger partial charge in [-0.1, -0.05) is 18.6 Å². The van der Waals surface area contributed by atoms with Gasteiger partial charge in [-0.2, -0.15) is 0 Å². The second-order valence-electron chi connectivity index (χ2n) is 6.29. The zero-order valence-corrected chi connectivity index (χ0v) is 13.5. The fourth-order valence-corrected chi connectivity index (χ4v) is 3.37. The van der Waals surface area contributed by atoms with Crippen LogP contribution in [-0.4, -0.2) is 17.4 Å². The van der Waals surface area contributed by atoms with Crippen LogP contribution in [0.5, 0.6) is 0 Å². The van der Waals surface area contributed by atoms with Crippen molar-refractivity contribution in [3.05, 3.63) is 48.3 Å². The van der Waals surface area contributed by atoms with E-state index in [-0.39, 0.29) is 11.8 Å². The van der Waals surface area contributed by atoms with Crippen LogP contribution in [-0.2, 0) is 4.79 Å². The summed E-state index contributed by atoms with van der Waals surface area (Å²) in [5.41, 5.74) is 9.92. The first-order valence-electron chi connectivity index (χ1n) is 8.21. The SMILES string of the molecule is Cc1ccc(-c2ccncc2)cc1NC(=O)[C@@H]1CCC[C@@H]1CN. The molecule has 0 unspecified atom stereocenters. The minimum absolute atomic E-state index is 0.0454. The van der Waals surface area contributed by atoms with Crippen LogP contribution in [0.1, 0.15) is 24.8 Å². The lowest BCUT2D eigenvalue weighted by Crippen LogP contribution is -2.29. The molecule has 2 aromatic rings. The molecule has 1 saturated carbocycles. The van der Waals surface area contributed by atoms with Crippen LogP contribution in [0, 0.1) is 18.8 Å². The summed E-state index contributed by atoms with van der Waals surface area (Å²) in [6.45, 7) is 2.61. The van der Waals surface area contributed by atoms with Crippen molar-refractivity contribution < 1.29 is 4.79 Å². The lowest BCUT2D eigenvalue weighted by Gasteiger charge is -2.18. The molecule has 3 rings (SSSR count). The molecule has 1 fully saturated rings. The molecule has 0 aliphatic heterocycles. The fraction of sp³-hybridized carbons (Fsp3) is 0.368. The molecule has 120 valence electrons. The molecule has 23 heavy (non-hydrogen) atoms. The Bertz CT molecular complexity index is 684. The summed E-state index contributed by atoms with van der Waals surface area (Å²) in [4.78, 5) is 16.7. The van der Waals surface area contributed by atoms with Crippen LogP contribution in [0.2, 0.25) is 0 Å². The third kappa shape index (κ3) is 3.42. The monoisotopic (exact) mass is 309 g/mol. The molecule has 1 aromatic heterocycles. The molecular formula is C19H23N3O. The van der Waals surface area contributed by atoms with E-state index in [4.69, 9.17) is 5.73 Å². The van der Waals surface area contributed by atoms with Crippen molar-refractivity contribution in [2.75, 3.05) is 11.9 Å². The average molecular weight is 309 g/mol. The first-order chi connectivity index (χ1) is 11.2. The molecule has 1 aromatic carbocycles. The van der Waals surface area contributed by atoms with Crippen LogP contribution in [0.25, 0.3) is 11.1 Å². The quantitative estimate of drug-likeness (QED) is 0.910. The Morgan fingerprint density at radius 1 is 1.22 bits per heavy atom. The minimum Gasteiger partial charge on any atom is -0.330 e. The van der Waals surface area contributed by atoms with E-state index < -0.39 is 0 Å². The Labute approximate surface area is 137 Å². The molecule has 1 aliphatic carbocycles. The number of hydrogen-bond donors (Lipinski definition) is 2. The van der Waals surface area contributed by atoms with Crippen LogP contribution < -0.4 is 11.1 Å². The number of nitrogens with zero attached hydrogens (tertiary/aromatic N) is 1. The molecule has 1 amide bonds. The zero-order valence-electron chi connectivity index (χ0n) is 13.5. The predicted molar refractivity (Wildman–Crippen MR) is 92.9 cm³/mol. The van der Waals surface area contributed by atoms with E-state index in [9.17, 15) is 4.79 Å². The minimum atomic E-state index is 0.0454. The highest BCUT2D eigenvalue weighted by Gasteiger charge is 2.32. The van der Waals surface area contributed by atoms with Gasteiger partial charge in [0.15, 0.2) is 0 Å². The third-order valence-electron chi connectivity index (χ3n) is 4.81. The first-order valence-corrected chi connectivity index (χ1v) is 8.21. The standard InChI is InChI=1S/C19H23N3O/c1-13-5-6-15(14-7-9-21-10-8-14)11-18(13)22-19(23)17-4-2-3-16(17)12-20/h5-11,16-17H,2-4,12,20H2,1H3,(H,22,23)/t16-,17-/m1/s1. The van der Waals surface area contributed by atoms with Gasteiger partial charge in [-0.15, -0.1) is 0 Å². The van der Waals surface area contributed by atoms with Crippen LogP contribution in [0.15, 0.2) is 42.7 Å². The van der Waals surface area contributed by atoms with Crippen LogP contribution in [0.3, 0.4) is 0 Å². The number of aromatic nitrogens is 1. The van der Waals surface area contributed by atoms with Gasteiger partial charge in [-0.25, -0.2) is 0 Å². The predicted octanol–water partition coefficient (Wildman–Crippen LogP) is 3.37. The second-order valence-corrected chi connectivity index (χ2v) is 6.29. The Hall–Kier alpha value is -2.20. The zero-order chi connectivity index (χ0) is 16.2. The number of pyridine rings is 1. The molecule has 2 atom stereocenters. The topological polar surface area (TPSA) is 68.0 Å². The Balaban J connectivity index is 1.81. The second kappa shape index (κ2) is 6.92. The maximum absolute atomic E-state index is 12.6. The third-order valence-corrected chi connectivity index (χ3v) is 4.81. The smallest absolute Gasteiger partial charge is 0.227 e. The molecule has 0 bridgehead atoms. The van der Waals surface area contributed by atoms with E-state index in [0.29, 0.717) is 12.5 Å². The molecule has 0 spiro atoms. The van der Waals surface area contributed by atoms with Crippen molar-refractivity contribution in [2.24, 2.45) is 17.6 Å². The van der Waals surface area contributed by atoms with Gasteiger partial charge in [0.2, 0.25) is 5.91 Å². The normalized spacial score (nSPS) is 20.4. The Kier molecular flexibility index (Phi) is 4.72. The number of carbonyl (C=O) groups excluding carboxylic acids is 1. The highest BCUT2D eigenvalue weighted by Crippen LogP contribution is 2.33. The van der Waals surface area contributed by atoms with Gasteiger partial charge < -0.3 is 11.1 Å². The van der Waals surface area contributed by atoms with Gasteiger partial charge in [0.1, 0.15) is 0 Å². The van der Waals surface area contributed by atoms with E-state index in [2.05, 4.69) is 16.4 Å². The van der Waals surface area contributed by atoms with E-state index in [1.54, 1.807) is 12.4 Å². The van der Waals surface area contributed by atoms with Gasteiger partial charge >= 0.3 is 0 Å². The lowest BCUT2D eigenvalue weighted by atomic mass is 9.95. The summed E-state index contributed by atoms with van der Waals surface area (Å²) in [5, 5.41) is 3.12. The summed E-state index contributed by atoms with van der Waals surface area (Å²) in [7, 11) is 0. The number of anilines is 1. The summed E-state index contributed by atoms with van der Waals surface area (Å²) in [6, 6.07) is 10.1. The fourth-order valence-electron chi connectivity index (χ4n) is 3.37. The first kappa shape index (κ1) is 15.7. The van der Waals surface area contributed by atoms with Crippen molar-refractivity contribution in [1.29, 1.82) is 0 Å². The van der Waals surface area contributed by atoms with Gasteiger partial charge in [-0.3, -0.25) is 9.78 Å². The van der Waals surface area contributed by atoms with Gasteiger partial charge in [-0.05, 0) is 67.1 Å². The average Bonchev–Trinajstić information content (AvgIpc) is 3.06. The summed E-state index contributed by atoms with van der Waals surface area (Å²) < 4.78 is 0. The van der Waals surface area contributed by atoms with Crippen molar-refractivity contribution in [2.45, 2.75) is 26.2 Å². The van der Waals surface area contributed by atoms with E-state index >= 15 is 0 Å². The Morgan fingerprint density at radius 3 is 2.74 bits per heavy atom.